The number of hydrogen-bond acceptors (Lipinski definition) is 6. The number of nitrogens with one attached hydrogen (secondary N) is 1. The molecule has 0 unspecified atom stereocenters. The Hall–Kier alpha value is -3.32. The van der Waals surface area contributed by atoms with Crippen LogP contribution in [0.1, 0.15) is 18.1 Å². The molecule has 146 valence electrons. The van der Waals surface area contributed by atoms with Crippen molar-refractivity contribution in [3.63, 3.8) is 0 Å². The molecule has 2 aromatic rings. The van der Waals surface area contributed by atoms with Gasteiger partial charge in [0.2, 0.25) is 0 Å². The van der Waals surface area contributed by atoms with Gasteiger partial charge in [-0.2, -0.15) is 0 Å². The summed E-state index contributed by atoms with van der Waals surface area (Å²) in [5, 5.41) is 12.7. The number of rotatable bonds is 4. The van der Waals surface area contributed by atoms with Crippen molar-refractivity contribution in [2.75, 3.05) is 14.2 Å². The molecule has 0 fully saturated rings. The molecule has 7 heteroatoms. The van der Waals surface area contributed by atoms with Gasteiger partial charge in [0, 0.05) is 5.70 Å². The van der Waals surface area contributed by atoms with Crippen molar-refractivity contribution in [3.05, 3.63) is 83.1 Å². The van der Waals surface area contributed by atoms with Crippen LogP contribution in [-0.2, 0) is 19.7 Å². The number of nitrogens with zero attached hydrogens (tertiary/aromatic N) is 1. The lowest BCUT2D eigenvalue weighted by Crippen LogP contribution is -2.52. The number of amides is 1. The zero-order valence-electron chi connectivity index (χ0n) is 15.9. The van der Waals surface area contributed by atoms with E-state index in [2.05, 4.69) is 10.2 Å². The molecule has 3 rings (SSSR count). The van der Waals surface area contributed by atoms with E-state index in [4.69, 9.17) is 4.74 Å². The maximum absolute atomic E-state index is 12.9. The normalized spacial score (nSPS) is 18.0. The number of methoxy groups -OCH3 is 2. The number of allylic oxidation sites excluding steroid dienone is 1. The Morgan fingerprint density at radius 2 is 1.46 bits per heavy atom. The molecule has 0 saturated carbocycles. The monoisotopic (exact) mass is 382 g/mol. The van der Waals surface area contributed by atoms with Crippen LogP contribution < -0.4 is 5.43 Å². The molecule has 1 amide bonds. The third-order valence-corrected chi connectivity index (χ3v) is 4.99. The molecular formula is C21H22N2O5. The number of esters is 1. The van der Waals surface area contributed by atoms with Crippen molar-refractivity contribution in [2.24, 2.45) is 0 Å². The maximum Gasteiger partial charge on any atom is 0.425 e. The Morgan fingerprint density at radius 3 is 1.89 bits per heavy atom. The third kappa shape index (κ3) is 2.90. The second-order valence-corrected chi connectivity index (χ2v) is 6.34. The van der Waals surface area contributed by atoms with Gasteiger partial charge in [-0.05, 0) is 18.1 Å². The highest BCUT2D eigenvalue weighted by molar-refractivity contribution is 5.95. The quantitative estimate of drug-likeness (QED) is 0.789. The lowest BCUT2D eigenvalue weighted by atomic mass is 9.69. The molecule has 28 heavy (non-hydrogen) atoms. The summed E-state index contributed by atoms with van der Waals surface area (Å²) in [4.78, 5) is 24.7. The first-order valence-corrected chi connectivity index (χ1v) is 8.71. The topological polar surface area (TPSA) is 88.1 Å². The van der Waals surface area contributed by atoms with Crippen molar-refractivity contribution >= 4 is 12.1 Å². The van der Waals surface area contributed by atoms with Gasteiger partial charge in [0.15, 0.2) is 6.23 Å². The van der Waals surface area contributed by atoms with Gasteiger partial charge in [-0.25, -0.2) is 15.0 Å². The molecule has 0 aromatic heterocycles. The molecule has 0 aliphatic carbocycles. The van der Waals surface area contributed by atoms with E-state index in [1.807, 2.05) is 60.7 Å². The summed E-state index contributed by atoms with van der Waals surface area (Å²) in [6.45, 7) is 1.64. The summed E-state index contributed by atoms with van der Waals surface area (Å²) in [6, 6.07) is 18.3. The molecule has 1 atom stereocenters. The Bertz CT molecular complexity index is 856. The molecule has 1 aliphatic heterocycles. The van der Waals surface area contributed by atoms with Gasteiger partial charge in [-0.15, -0.1) is 0 Å². The Morgan fingerprint density at radius 1 is 0.964 bits per heavy atom. The number of aliphatic hydroxyl groups excluding tert-OH is 1. The average Bonchev–Trinajstić information content (AvgIpc) is 2.96. The van der Waals surface area contributed by atoms with Crippen molar-refractivity contribution in [1.82, 2.24) is 10.4 Å². The van der Waals surface area contributed by atoms with Gasteiger partial charge < -0.3 is 14.6 Å². The lowest BCUT2D eigenvalue weighted by Gasteiger charge is -2.37. The summed E-state index contributed by atoms with van der Waals surface area (Å²) >= 11 is 0. The van der Waals surface area contributed by atoms with Crippen LogP contribution in [0.15, 0.2) is 71.9 Å². The van der Waals surface area contributed by atoms with E-state index in [1.54, 1.807) is 6.92 Å². The number of aliphatic hydroxyl groups is 1. The van der Waals surface area contributed by atoms with Gasteiger partial charge in [0.1, 0.15) is 5.41 Å². The van der Waals surface area contributed by atoms with Crippen LogP contribution >= 0.6 is 0 Å². The van der Waals surface area contributed by atoms with E-state index in [1.165, 1.54) is 19.2 Å². The van der Waals surface area contributed by atoms with Crippen LogP contribution in [0.25, 0.3) is 0 Å². The van der Waals surface area contributed by atoms with E-state index >= 15 is 0 Å². The van der Waals surface area contributed by atoms with Gasteiger partial charge in [0.05, 0.1) is 19.8 Å². The number of benzene rings is 2. The van der Waals surface area contributed by atoms with Crippen molar-refractivity contribution in [2.45, 2.75) is 18.6 Å². The van der Waals surface area contributed by atoms with Gasteiger partial charge in [-0.1, -0.05) is 60.7 Å². The predicted molar refractivity (Wildman–Crippen MR) is 102 cm³/mol. The molecular weight excluding hydrogens is 360 g/mol. The van der Waals surface area contributed by atoms with E-state index in [-0.39, 0.29) is 5.57 Å². The van der Waals surface area contributed by atoms with Gasteiger partial charge >= 0.3 is 12.1 Å². The largest absolute Gasteiger partial charge is 0.466 e. The second-order valence-electron chi connectivity index (χ2n) is 6.34. The molecule has 0 radical (unpaired) electrons. The van der Waals surface area contributed by atoms with Crippen LogP contribution in [-0.4, -0.2) is 42.6 Å². The first kappa shape index (κ1) is 19.4. The molecule has 0 saturated heterocycles. The minimum Gasteiger partial charge on any atom is -0.466 e. The molecule has 2 aromatic carbocycles. The fourth-order valence-corrected chi connectivity index (χ4v) is 3.77. The zero-order valence-corrected chi connectivity index (χ0v) is 15.9. The number of hydrazine groups is 1. The fraction of sp³-hybridized carbons (Fsp3) is 0.238. The molecule has 0 bridgehead atoms. The molecule has 1 heterocycles. The minimum absolute atomic E-state index is 0.233. The van der Waals surface area contributed by atoms with Gasteiger partial charge in [0.25, 0.3) is 0 Å². The summed E-state index contributed by atoms with van der Waals surface area (Å²) in [6.07, 6.45) is -2.08. The maximum atomic E-state index is 12.9. The summed E-state index contributed by atoms with van der Waals surface area (Å²) in [5.74, 6) is -0.599. The molecule has 1 aliphatic rings. The first-order valence-electron chi connectivity index (χ1n) is 8.71. The summed E-state index contributed by atoms with van der Waals surface area (Å²) in [7, 11) is 2.51. The van der Waals surface area contributed by atoms with E-state index < -0.39 is 23.7 Å². The van der Waals surface area contributed by atoms with Crippen molar-refractivity contribution < 1.29 is 24.2 Å². The Kier molecular flexibility index (Phi) is 5.37. The molecule has 0 spiro atoms. The van der Waals surface area contributed by atoms with Crippen LogP contribution in [0, 0.1) is 0 Å². The smallest absolute Gasteiger partial charge is 0.425 e. The van der Waals surface area contributed by atoms with Gasteiger partial charge in [-0.3, -0.25) is 5.01 Å². The highest BCUT2D eigenvalue weighted by Crippen LogP contribution is 2.49. The summed E-state index contributed by atoms with van der Waals surface area (Å²) < 4.78 is 9.72. The standard InChI is InChI=1S/C21H22N2O5/c1-14-17(18(24)27-2)21(15-10-6-4-7-11-15,16-12-8-5-9-13-16)19(25)23(14)22-20(26)28-3/h4-13,19,25H,1-3H3,(H,22,26)/t19-/m1/s1. The van der Waals surface area contributed by atoms with E-state index in [0.29, 0.717) is 16.8 Å². The predicted octanol–water partition coefficient (Wildman–Crippen LogP) is 2.32. The highest BCUT2D eigenvalue weighted by Gasteiger charge is 2.57. The van der Waals surface area contributed by atoms with Crippen LogP contribution in [0.3, 0.4) is 0 Å². The van der Waals surface area contributed by atoms with Crippen LogP contribution in [0.2, 0.25) is 0 Å². The number of ether oxygens (including phenoxy) is 2. The molecule has 2 N–H and O–H groups in total. The zero-order chi connectivity index (χ0) is 20.3. The first-order chi connectivity index (χ1) is 13.5. The Balaban J connectivity index is 2.33. The van der Waals surface area contributed by atoms with E-state index in [9.17, 15) is 14.7 Å². The molecule has 7 nitrogen and oxygen atoms in total. The highest BCUT2D eigenvalue weighted by atomic mass is 16.5. The summed E-state index contributed by atoms with van der Waals surface area (Å²) in [5.41, 5.74) is 3.17. The van der Waals surface area contributed by atoms with E-state index in [0.717, 1.165) is 0 Å². The Labute approximate surface area is 163 Å². The number of hydrogen-bond donors (Lipinski definition) is 2. The van der Waals surface area contributed by atoms with Crippen LogP contribution in [0.5, 0.6) is 0 Å². The van der Waals surface area contributed by atoms with Crippen LogP contribution in [0.4, 0.5) is 4.79 Å². The second kappa shape index (κ2) is 7.74. The average molecular weight is 382 g/mol. The minimum atomic E-state index is -1.31. The SMILES string of the molecule is COC(=O)NN1C(C)=C(C(=O)OC)C(c2ccccc2)(c2ccccc2)[C@H]1O. The lowest BCUT2D eigenvalue weighted by molar-refractivity contribution is -0.137. The third-order valence-electron chi connectivity index (χ3n) is 4.99. The van der Waals surface area contributed by atoms with Crippen molar-refractivity contribution in [3.8, 4) is 0 Å². The van der Waals surface area contributed by atoms with Crippen molar-refractivity contribution in [1.29, 1.82) is 0 Å². The number of carbonyl (C=O) groups is 2. The number of carbonyl (C=O) groups excluding carboxylic acids is 2. The fourth-order valence-electron chi connectivity index (χ4n) is 3.77.